The number of alkyl halides is 3. The van der Waals surface area contributed by atoms with E-state index in [1.54, 1.807) is 24.1 Å². The van der Waals surface area contributed by atoms with Crippen molar-refractivity contribution in [3.8, 4) is 0 Å². The molecule has 0 saturated heterocycles. The lowest BCUT2D eigenvalue weighted by Crippen LogP contribution is -2.54. The fraction of sp³-hybridized carbons (Fsp3) is 0.389. The average Bonchev–Trinajstić information content (AvgIpc) is 2.53. The number of pyridine rings is 1. The molecular formula is C18H19ClF3N3. The average molecular weight is 370 g/mol. The Bertz CT molecular complexity index is 791. The molecule has 1 aliphatic heterocycles. The molecule has 0 aliphatic carbocycles. The number of fused-ring (bicyclic) bond motifs is 2. The lowest BCUT2D eigenvalue weighted by atomic mass is 9.70. The van der Waals surface area contributed by atoms with Crippen LogP contribution < -0.4 is 5.32 Å². The number of nitrogens with zero attached hydrogens (tertiary/aromatic N) is 2. The molecule has 0 amide bonds. The van der Waals surface area contributed by atoms with Crippen LogP contribution in [0.2, 0.25) is 5.02 Å². The normalized spacial score (nSPS) is 19.6. The first-order valence-electron chi connectivity index (χ1n) is 7.96. The summed E-state index contributed by atoms with van der Waals surface area (Å²) in [7, 11) is 1.69. The second kappa shape index (κ2) is 6.18. The Kier molecular flexibility index (Phi) is 4.45. The van der Waals surface area contributed by atoms with Gasteiger partial charge in [-0.1, -0.05) is 17.7 Å². The Morgan fingerprint density at radius 2 is 1.96 bits per heavy atom. The van der Waals surface area contributed by atoms with Crippen molar-refractivity contribution in [3.63, 3.8) is 0 Å². The largest absolute Gasteiger partial charge is 0.403 e. The van der Waals surface area contributed by atoms with E-state index in [1.165, 1.54) is 24.4 Å². The van der Waals surface area contributed by atoms with Gasteiger partial charge < -0.3 is 10.2 Å². The number of aromatic nitrogens is 1. The Balaban J connectivity index is 2.34. The molecule has 1 aromatic heterocycles. The fourth-order valence-electron chi connectivity index (χ4n) is 3.22. The van der Waals surface area contributed by atoms with Crippen molar-refractivity contribution < 1.29 is 13.2 Å². The zero-order chi connectivity index (χ0) is 18.4. The van der Waals surface area contributed by atoms with Gasteiger partial charge >= 0.3 is 6.18 Å². The molecule has 0 fully saturated rings. The van der Waals surface area contributed by atoms with E-state index in [9.17, 15) is 13.2 Å². The summed E-state index contributed by atoms with van der Waals surface area (Å²) in [4.78, 5) is 5.83. The predicted octanol–water partition coefficient (Wildman–Crippen LogP) is 4.98. The van der Waals surface area contributed by atoms with Crippen molar-refractivity contribution in [3.05, 3.63) is 52.7 Å². The van der Waals surface area contributed by atoms with Crippen molar-refractivity contribution in [2.24, 2.45) is 0 Å². The molecule has 1 atom stereocenters. The van der Waals surface area contributed by atoms with Gasteiger partial charge in [0.1, 0.15) is 11.2 Å². The van der Waals surface area contributed by atoms with E-state index in [-0.39, 0.29) is 34.6 Å². The maximum absolute atomic E-state index is 14.6. The van der Waals surface area contributed by atoms with E-state index >= 15 is 0 Å². The second-order valence-electron chi connectivity index (χ2n) is 6.63. The Labute approximate surface area is 149 Å². The highest BCUT2D eigenvalue weighted by Crippen LogP contribution is 2.54. The van der Waals surface area contributed by atoms with Gasteiger partial charge in [-0.15, -0.1) is 0 Å². The number of rotatable bonds is 3. The third kappa shape index (κ3) is 2.87. The number of hydrogen-bond acceptors (Lipinski definition) is 3. The van der Waals surface area contributed by atoms with Gasteiger partial charge in [0, 0.05) is 35.1 Å². The molecule has 3 rings (SSSR count). The minimum absolute atomic E-state index is 0.0446. The van der Waals surface area contributed by atoms with Crippen molar-refractivity contribution in [1.29, 1.82) is 0 Å². The zero-order valence-electron chi connectivity index (χ0n) is 14.2. The smallest absolute Gasteiger partial charge is 0.340 e. The van der Waals surface area contributed by atoms with Crippen LogP contribution in [0, 0.1) is 0 Å². The highest BCUT2D eigenvalue weighted by atomic mass is 35.5. The monoisotopic (exact) mass is 369 g/mol. The molecule has 1 aromatic carbocycles. The van der Waals surface area contributed by atoms with E-state index in [4.69, 9.17) is 11.6 Å². The lowest BCUT2D eigenvalue weighted by Gasteiger charge is -2.44. The van der Waals surface area contributed by atoms with E-state index in [0.29, 0.717) is 5.69 Å². The summed E-state index contributed by atoms with van der Waals surface area (Å²) in [5.74, 6) is 0.229. The highest BCUT2D eigenvalue weighted by Gasteiger charge is 2.61. The molecule has 0 radical (unpaired) electrons. The van der Waals surface area contributed by atoms with E-state index in [1.807, 2.05) is 13.8 Å². The number of hydrogen-bond donors (Lipinski definition) is 1. The predicted molar refractivity (Wildman–Crippen MR) is 93.6 cm³/mol. The van der Waals surface area contributed by atoms with Gasteiger partial charge in [0.15, 0.2) is 0 Å². The second-order valence-corrected chi connectivity index (χ2v) is 7.06. The number of halogens is 4. The SMILES string of the molecule is CC(C)N(C)CC1(C(F)(F)F)c2cc(Cl)ccc2Nc2ncccc21. The van der Waals surface area contributed by atoms with Crippen molar-refractivity contribution >= 4 is 23.1 Å². The van der Waals surface area contributed by atoms with Gasteiger partial charge in [-0.3, -0.25) is 0 Å². The Hall–Kier alpha value is -1.79. The van der Waals surface area contributed by atoms with Crippen LogP contribution in [0.4, 0.5) is 24.7 Å². The minimum Gasteiger partial charge on any atom is -0.340 e. The van der Waals surface area contributed by atoms with Crippen LogP contribution in [0.3, 0.4) is 0 Å². The van der Waals surface area contributed by atoms with Crippen molar-refractivity contribution in [1.82, 2.24) is 9.88 Å². The summed E-state index contributed by atoms with van der Waals surface area (Å²) < 4.78 is 43.8. The first kappa shape index (κ1) is 18.0. The lowest BCUT2D eigenvalue weighted by molar-refractivity contribution is -0.183. The molecular weight excluding hydrogens is 351 g/mol. The van der Waals surface area contributed by atoms with Gasteiger partial charge in [-0.2, -0.15) is 13.2 Å². The minimum atomic E-state index is -4.52. The molecule has 7 heteroatoms. The molecule has 1 N–H and O–H groups in total. The van der Waals surface area contributed by atoms with Crippen LogP contribution in [0.5, 0.6) is 0 Å². The van der Waals surface area contributed by atoms with Gasteiger partial charge in [0.05, 0.1) is 0 Å². The maximum Gasteiger partial charge on any atom is 0.403 e. The molecule has 1 aliphatic rings. The van der Waals surface area contributed by atoms with E-state index in [2.05, 4.69) is 10.3 Å². The van der Waals surface area contributed by atoms with Crippen LogP contribution in [0.1, 0.15) is 25.0 Å². The topological polar surface area (TPSA) is 28.2 Å². The van der Waals surface area contributed by atoms with Crippen molar-refractivity contribution in [2.75, 3.05) is 18.9 Å². The molecule has 0 spiro atoms. The third-order valence-electron chi connectivity index (χ3n) is 4.81. The van der Waals surface area contributed by atoms with Gasteiger partial charge in [-0.05, 0) is 50.7 Å². The fourth-order valence-corrected chi connectivity index (χ4v) is 3.39. The summed E-state index contributed by atoms with van der Waals surface area (Å²) in [6.45, 7) is 3.52. The molecule has 25 heavy (non-hydrogen) atoms. The van der Waals surface area contributed by atoms with Gasteiger partial charge in [-0.25, -0.2) is 4.98 Å². The van der Waals surface area contributed by atoms with Gasteiger partial charge in [0.25, 0.3) is 0 Å². The summed E-state index contributed by atoms with van der Waals surface area (Å²) in [5, 5.41) is 3.28. The number of benzene rings is 1. The van der Waals surface area contributed by atoms with Crippen molar-refractivity contribution in [2.45, 2.75) is 31.5 Å². The maximum atomic E-state index is 14.6. The Morgan fingerprint density at radius 1 is 1.24 bits per heavy atom. The summed E-state index contributed by atoms with van der Waals surface area (Å²) in [5.41, 5.74) is -1.59. The highest BCUT2D eigenvalue weighted by molar-refractivity contribution is 6.30. The van der Waals surface area contributed by atoms with Crippen LogP contribution in [-0.2, 0) is 5.41 Å². The van der Waals surface area contributed by atoms with Crippen LogP contribution >= 0.6 is 11.6 Å². The number of nitrogens with one attached hydrogen (secondary N) is 1. The zero-order valence-corrected chi connectivity index (χ0v) is 14.9. The summed E-state index contributed by atoms with van der Waals surface area (Å²) in [6.07, 6.45) is -3.03. The van der Waals surface area contributed by atoms with E-state index < -0.39 is 11.6 Å². The number of anilines is 2. The molecule has 0 saturated carbocycles. The summed E-state index contributed by atoms with van der Waals surface area (Å²) >= 11 is 6.06. The molecule has 2 aromatic rings. The van der Waals surface area contributed by atoms with E-state index in [0.717, 1.165) is 0 Å². The Morgan fingerprint density at radius 3 is 2.60 bits per heavy atom. The van der Waals surface area contributed by atoms with Gasteiger partial charge in [0.2, 0.25) is 0 Å². The molecule has 2 heterocycles. The molecule has 3 nitrogen and oxygen atoms in total. The van der Waals surface area contributed by atoms with Crippen LogP contribution in [0.25, 0.3) is 0 Å². The van der Waals surface area contributed by atoms with Crippen LogP contribution in [-0.4, -0.2) is 35.7 Å². The standard InChI is InChI=1S/C18H19ClF3N3/c1-11(2)25(3)10-17(18(20,21)22)13-5-4-8-23-16(13)24-15-7-6-12(19)9-14(15)17/h4-9,11H,10H2,1-3H3,(H,23,24). The summed E-state index contributed by atoms with van der Waals surface area (Å²) in [6, 6.07) is 7.53. The van der Waals surface area contributed by atoms with Crippen LogP contribution in [0.15, 0.2) is 36.5 Å². The third-order valence-corrected chi connectivity index (χ3v) is 5.05. The quantitative estimate of drug-likeness (QED) is 0.827. The number of likely N-dealkylation sites (N-methyl/N-ethyl adjacent to an activating group) is 1. The first-order valence-corrected chi connectivity index (χ1v) is 8.34. The first-order chi connectivity index (χ1) is 11.7. The molecule has 134 valence electrons. The molecule has 0 bridgehead atoms. The molecule has 1 unspecified atom stereocenters.